The minimum absolute atomic E-state index is 0.0851. The number of carbonyl (C=O) groups is 1. The Morgan fingerprint density at radius 2 is 1.91 bits per heavy atom. The molecule has 0 spiro atoms. The van der Waals surface area contributed by atoms with E-state index in [1.165, 1.54) is 0 Å². The molecule has 4 nitrogen and oxygen atoms in total. The topological polar surface area (TPSA) is 58.4 Å². The quantitative estimate of drug-likeness (QED) is 0.834. The van der Waals surface area contributed by atoms with E-state index in [-0.39, 0.29) is 11.9 Å². The van der Waals surface area contributed by atoms with Gasteiger partial charge in [-0.25, -0.2) is 0 Å². The van der Waals surface area contributed by atoms with Crippen molar-refractivity contribution in [1.29, 1.82) is 0 Å². The largest absolute Gasteiger partial charge is 0.399 e. The first-order valence-electron chi connectivity index (χ1n) is 7.41. The van der Waals surface area contributed by atoms with Crippen LogP contribution in [0.2, 0.25) is 0 Å². The number of nitrogens with zero attached hydrogens (tertiary/aromatic N) is 1. The molecule has 1 amide bonds. The highest BCUT2D eigenvalue weighted by molar-refractivity contribution is 5.96. The van der Waals surface area contributed by atoms with Crippen LogP contribution < -0.4 is 16.0 Å². The van der Waals surface area contributed by atoms with Crippen molar-refractivity contribution in [2.75, 3.05) is 24.2 Å². The smallest absolute Gasteiger partial charge is 0.251 e. The number of likely N-dealkylation sites (N-methyl/N-ethyl adjacent to an activating group) is 1. The first-order chi connectivity index (χ1) is 10.5. The summed E-state index contributed by atoms with van der Waals surface area (Å²) in [6.45, 7) is 4.56. The Morgan fingerprint density at radius 1 is 1.23 bits per heavy atom. The van der Waals surface area contributed by atoms with Gasteiger partial charge in [-0.3, -0.25) is 4.79 Å². The number of nitrogen functional groups attached to an aromatic ring is 1. The van der Waals surface area contributed by atoms with Gasteiger partial charge in [0.05, 0.1) is 0 Å². The normalized spacial score (nSPS) is 11.8. The van der Waals surface area contributed by atoms with E-state index in [0.717, 1.165) is 11.3 Å². The fourth-order valence-corrected chi connectivity index (χ4v) is 2.27. The average Bonchev–Trinajstić information content (AvgIpc) is 2.54. The third-order valence-electron chi connectivity index (χ3n) is 3.89. The van der Waals surface area contributed by atoms with Gasteiger partial charge in [0.1, 0.15) is 0 Å². The highest BCUT2D eigenvalue weighted by Gasteiger charge is 2.13. The monoisotopic (exact) mass is 297 g/mol. The lowest BCUT2D eigenvalue weighted by molar-refractivity contribution is 0.0951. The van der Waals surface area contributed by atoms with E-state index >= 15 is 0 Å². The van der Waals surface area contributed by atoms with Crippen molar-refractivity contribution < 1.29 is 4.79 Å². The SMILES string of the molecule is Cc1ccc(N)cc1C(=O)NCC(C)N(C)c1ccccc1. The molecule has 0 saturated carbocycles. The van der Waals surface area contributed by atoms with Gasteiger partial charge < -0.3 is 16.0 Å². The van der Waals surface area contributed by atoms with Crippen LogP contribution in [0.5, 0.6) is 0 Å². The summed E-state index contributed by atoms with van der Waals surface area (Å²) in [6, 6.07) is 15.7. The molecular formula is C18H23N3O. The number of para-hydroxylation sites is 1. The van der Waals surface area contributed by atoms with Crippen molar-refractivity contribution in [3.8, 4) is 0 Å². The van der Waals surface area contributed by atoms with Crippen LogP contribution in [0, 0.1) is 6.92 Å². The fourth-order valence-electron chi connectivity index (χ4n) is 2.27. The lowest BCUT2D eigenvalue weighted by atomic mass is 10.1. The number of hydrogen-bond donors (Lipinski definition) is 2. The zero-order chi connectivity index (χ0) is 16.1. The molecule has 22 heavy (non-hydrogen) atoms. The Morgan fingerprint density at radius 3 is 2.59 bits per heavy atom. The van der Waals surface area contributed by atoms with Crippen LogP contribution in [-0.4, -0.2) is 25.5 Å². The van der Waals surface area contributed by atoms with Crippen LogP contribution >= 0.6 is 0 Å². The maximum absolute atomic E-state index is 12.3. The summed E-state index contributed by atoms with van der Waals surface area (Å²) >= 11 is 0. The molecule has 0 aliphatic heterocycles. The summed E-state index contributed by atoms with van der Waals surface area (Å²) in [7, 11) is 2.03. The zero-order valence-corrected chi connectivity index (χ0v) is 13.3. The van der Waals surface area contributed by atoms with Gasteiger partial charge in [0.2, 0.25) is 0 Å². The second-order valence-corrected chi connectivity index (χ2v) is 5.58. The van der Waals surface area contributed by atoms with Crippen LogP contribution in [0.4, 0.5) is 11.4 Å². The molecule has 2 aromatic rings. The van der Waals surface area contributed by atoms with Gasteiger partial charge in [-0.1, -0.05) is 24.3 Å². The molecule has 0 aromatic heterocycles. The van der Waals surface area contributed by atoms with Gasteiger partial charge in [0, 0.05) is 36.6 Å². The maximum Gasteiger partial charge on any atom is 0.251 e. The van der Waals surface area contributed by atoms with E-state index in [9.17, 15) is 4.79 Å². The maximum atomic E-state index is 12.3. The Labute approximate surface area is 131 Å². The van der Waals surface area contributed by atoms with Gasteiger partial charge >= 0.3 is 0 Å². The van der Waals surface area contributed by atoms with E-state index < -0.39 is 0 Å². The molecule has 0 radical (unpaired) electrons. The molecule has 2 aromatic carbocycles. The molecule has 0 saturated heterocycles. The fraction of sp³-hybridized carbons (Fsp3) is 0.278. The van der Waals surface area contributed by atoms with Gasteiger partial charge in [-0.2, -0.15) is 0 Å². The van der Waals surface area contributed by atoms with Crippen molar-refractivity contribution in [2.24, 2.45) is 0 Å². The second kappa shape index (κ2) is 6.98. The van der Waals surface area contributed by atoms with E-state index in [0.29, 0.717) is 17.8 Å². The van der Waals surface area contributed by atoms with Gasteiger partial charge in [0.25, 0.3) is 5.91 Å². The molecule has 0 bridgehead atoms. The summed E-state index contributed by atoms with van der Waals surface area (Å²) in [5.41, 5.74) is 9.05. The number of aryl methyl sites for hydroxylation is 1. The lowest BCUT2D eigenvalue weighted by Gasteiger charge is -2.27. The summed E-state index contributed by atoms with van der Waals surface area (Å²) < 4.78 is 0. The van der Waals surface area contributed by atoms with E-state index in [1.807, 2.05) is 38.2 Å². The number of amides is 1. The lowest BCUT2D eigenvalue weighted by Crippen LogP contribution is -2.40. The summed E-state index contributed by atoms with van der Waals surface area (Å²) in [6.07, 6.45) is 0. The van der Waals surface area contributed by atoms with Gasteiger partial charge in [0.15, 0.2) is 0 Å². The molecule has 2 rings (SSSR count). The predicted molar refractivity (Wildman–Crippen MR) is 92.2 cm³/mol. The highest BCUT2D eigenvalue weighted by atomic mass is 16.1. The zero-order valence-electron chi connectivity index (χ0n) is 13.3. The first-order valence-corrected chi connectivity index (χ1v) is 7.41. The van der Waals surface area contributed by atoms with Crippen molar-refractivity contribution in [2.45, 2.75) is 19.9 Å². The molecule has 0 aliphatic carbocycles. The molecular weight excluding hydrogens is 274 g/mol. The third kappa shape index (κ3) is 3.79. The van der Waals surface area contributed by atoms with E-state index in [2.05, 4.69) is 29.3 Å². The van der Waals surface area contributed by atoms with E-state index in [1.54, 1.807) is 12.1 Å². The molecule has 4 heteroatoms. The van der Waals surface area contributed by atoms with E-state index in [4.69, 9.17) is 5.73 Å². The summed E-state index contributed by atoms with van der Waals surface area (Å²) in [4.78, 5) is 14.4. The molecule has 116 valence electrons. The number of hydrogen-bond acceptors (Lipinski definition) is 3. The summed E-state index contributed by atoms with van der Waals surface area (Å²) in [5.74, 6) is -0.0851. The molecule has 0 heterocycles. The van der Waals surface area contributed by atoms with Gasteiger partial charge in [-0.05, 0) is 43.7 Å². The Bertz CT molecular complexity index is 640. The standard InChI is InChI=1S/C18H23N3O/c1-13-9-10-15(19)11-17(13)18(22)20-12-14(2)21(3)16-7-5-4-6-8-16/h4-11,14H,12,19H2,1-3H3,(H,20,22). The van der Waals surface area contributed by atoms with Crippen molar-refractivity contribution in [3.63, 3.8) is 0 Å². The second-order valence-electron chi connectivity index (χ2n) is 5.58. The predicted octanol–water partition coefficient (Wildman–Crippen LogP) is 2.83. The molecule has 1 unspecified atom stereocenters. The van der Waals surface area contributed by atoms with Crippen LogP contribution in [0.1, 0.15) is 22.8 Å². The van der Waals surface area contributed by atoms with Crippen molar-refractivity contribution >= 4 is 17.3 Å². The average molecular weight is 297 g/mol. The number of anilines is 2. The highest BCUT2D eigenvalue weighted by Crippen LogP contribution is 2.15. The number of benzene rings is 2. The number of carbonyl (C=O) groups excluding carboxylic acids is 1. The van der Waals surface area contributed by atoms with Crippen molar-refractivity contribution in [1.82, 2.24) is 5.32 Å². The Balaban J connectivity index is 1.97. The number of nitrogens with two attached hydrogens (primary N) is 1. The molecule has 1 atom stereocenters. The van der Waals surface area contributed by atoms with Gasteiger partial charge in [-0.15, -0.1) is 0 Å². The molecule has 0 fully saturated rings. The minimum Gasteiger partial charge on any atom is -0.399 e. The number of nitrogens with one attached hydrogen (secondary N) is 1. The van der Waals surface area contributed by atoms with Crippen molar-refractivity contribution in [3.05, 3.63) is 59.7 Å². The molecule has 0 aliphatic rings. The Kier molecular flexibility index (Phi) is 5.04. The summed E-state index contributed by atoms with van der Waals surface area (Å²) in [5, 5.41) is 2.98. The first kappa shape index (κ1) is 15.9. The molecule has 3 N–H and O–H groups in total. The third-order valence-corrected chi connectivity index (χ3v) is 3.89. The van der Waals surface area contributed by atoms with Crippen LogP contribution in [-0.2, 0) is 0 Å². The Hall–Kier alpha value is -2.49. The van der Waals surface area contributed by atoms with Crippen LogP contribution in [0.3, 0.4) is 0 Å². The van der Waals surface area contributed by atoms with Crippen LogP contribution in [0.15, 0.2) is 48.5 Å². The minimum atomic E-state index is -0.0851. The number of rotatable bonds is 5. The van der Waals surface area contributed by atoms with Crippen LogP contribution in [0.25, 0.3) is 0 Å².